The molecule has 0 unspecified atom stereocenters. The molecule has 0 bridgehead atoms. The SMILES string of the molecule is CO[C](=[W])[C@@H]1CC(C)=C(N2CCOCC2)C[C@H]1c1ccco1.[C-]#[O+].[C-]#[O+].[C-]#[O+].[C-]#[O+].[C-]#[O+]. The summed E-state index contributed by atoms with van der Waals surface area (Å²) < 4.78 is 55.5. The Bertz CT molecular complexity index is 720. The van der Waals surface area contributed by atoms with E-state index in [1.807, 2.05) is 6.07 Å². The van der Waals surface area contributed by atoms with Crippen LogP contribution in [0.5, 0.6) is 0 Å². The molecule has 2 atom stereocenters. The first kappa shape index (κ1) is 34.6. The van der Waals surface area contributed by atoms with Gasteiger partial charge < -0.3 is 0 Å². The van der Waals surface area contributed by atoms with Crippen molar-refractivity contribution in [2.24, 2.45) is 5.92 Å². The van der Waals surface area contributed by atoms with E-state index in [-0.39, 0.29) is 0 Å². The summed E-state index contributed by atoms with van der Waals surface area (Å²) in [6, 6.07) is 4.09. The second kappa shape index (κ2) is 23.7. The van der Waals surface area contributed by atoms with Crippen LogP contribution in [0.4, 0.5) is 0 Å². The van der Waals surface area contributed by atoms with Gasteiger partial charge in [-0.15, -0.1) is 0 Å². The zero-order valence-corrected chi connectivity index (χ0v) is 20.7. The van der Waals surface area contributed by atoms with Gasteiger partial charge in [0.2, 0.25) is 0 Å². The summed E-state index contributed by atoms with van der Waals surface area (Å²) in [4.78, 5) is 2.50. The van der Waals surface area contributed by atoms with Crippen LogP contribution in [0.1, 0.15) is 31.4 Å². The molecule has 2 heterocycles. The topological polar surface area (TPSA) is 134 Å². The first-order chi connectivity index (χ1) is 15.7. The van der Waals surface area contributed by atoms with E-state index < -0.39 is 0 Å². The molecule has 9 nitrogen and oxygen atoms in total. The number of ether oxygens (including phenoxy) is 2. The van der Waals surface area contributed by atoms with Gasteiger partial charge in [-0.05, 0) is 0 Å². The average Bonchev–Trinajstić information content (AvgIpc) is 3.45. The maximum atomic E-state index is 7.50. The molecule has 1 aliphatic heterocycles. The fourth-order valence-electron chi connectivity index (χ4n) is 3.55. The quantitative estimate of drug-likeness (QED) is 0.381. The van der Waals surface area contributed by atoms with Crippen LogP contribution in [0.2, 0.25) is 0 Å². The molecule has 0 saturated carbocycles. The zero-order valence-electron chi connectivity index (χ0n) is 17.8. The third kappa shape index (κ3) is 11.0. The number of morpholine rings is 1. The second-order valence-corrected chi connectivity index (χ2v) is 7.43. The molecule has 0 N–H and O–H groups in total. The Labute approximate surface area is 199 Å². The number of nitrogens with zero attached hydrogens (tertiary/aromatic N) is 1. The third-order valence-corrected chi connectivity index (χ3v) is 6.41. The van der Waals surface area contributed by atoms with Gasteiger partial charge >= 0.3 is 199 Å². The molecular formula is C22H23NO8W. The molecule has 3 rings (SSSR count). The molecule has 0 amide bonds. The van der Waals surface area contributed by atoms with Gasteiger partial charge in [-0.2, -0.15) is 0 Å². The Hall–Kier alpha value is -2.00. The van der Waals surface area contributed by atoms with Gasteiger partial charge in [0.15, 0.2) is 0 Å². The molecule has 1 aromatic rings. The number of rotatable bonds is 4. The van der Waals surface area contributed by atoms with Crippen molar-refractivity contribution in [3.63, 3.8) is 0 Å². The Balaban J connectivity index is -0.000000744. The van der Waals surface area contributed by atoms with Crippen molar-refractivity contribution in [2.75, 3.05) is 33.4 Å². The zero-order chi connectivity index (χ0) is 25.5. The minimum atomic E-state index is 0.379. The van der Waals surface area contributed by atoms with Crippen LogP contribution in [0.3, 0.4) is 0 Å². The molecule has 0 aromatic carbocycles. The van der Waals surface area contributed by atoms with Crippen molar-refractivity contribution >= 4 is 4.08 Å². The molecule has 1 fully saturated rings. The van der Waals surface area contributed by atoms with Crippen molar-refractivity contribution in [3.05, 3.63) is 68.7 Å². The van der Waals surface area contributed by atoms with Gasteiger partial charge in [-0.25, -0.2) is 0 Å². The van der Waals surface area contributed by atoms with E-state index in [9.17, 15) is 0 Å². The third-order valence-electron chi connectivity index (χ3n) is 4.72. The number of hydrogen-bond donors (Lipinski definition) is 0. The molecule has 0 spiro atoms. The van der Waals surface area contributed by atoms with Crippen LogP contribution in [0.15, 0.2) is 34.1 Å². The molecule has 2 aliphatic rings. The predicted octanol–water partition coefficient (Wildman–Crippen LogP) is 2.51. The minimum absolute atomic E-state index is 0.379. The average molecular weight is 613 g/mol. The van der Waals surface area contributed by atoms with Crippen LogP contribution in [-0.4, -0.2) is 42.4 Å². The van der Waals surface area contributed by atoms with Crippen LogP contribution in [0, 0.1) is 39.2 Å². The summed E-state index contributed by atoms with van der Waals surface area (Å²) in [5.74, 6) is 1.89. The van der Waals surface area contributed by atoms with E-state index in [0.717, 1.165) is 44.9 Å². The normalized spacial score (nSPS) is 18.4. The number of allylic oxidation sites excluding steroid dienone is 2. The van der Waals surface area contributed by atoms with Gasteiger partial charge in [-0.1, -0.05) is 0 Å². The van der Waals surface area contributed by atoms with E-state index >= 15 is 0 Å². The van der Waals surface area contributed by atoms with Crippen LogP contribution >= 0.6 is 0 Å². The number of hydrogen-bond acceptors (Lipinski definition) is 4. The summed E-state index contributed by atoms with van der Waals surface area (Å²) in [6.07, 6.45) is 3.87. The van der Waals surface area contributed by atoms with Crippen molar-refractivity contribution in [1.82, 2.24) is 4.90 Å². The van der Waals surface area contributed by atoms with Gasteiger partial charge in [-0.3, -0.25) is 0 Å². The molecule has 32 heavy (non-hydrogen) atoms. The van der Waals surface area contributed by atoms with Gasteiger partial charge in [0.1, 0.15) is 0 Å². The molecule has 0 radical (unpaired) electrons. The number of methoxy groups -OCH3 is 1. The van der Waals surface area contributed by atoms with E-state index in [0.29, 0.717) is 11.8 Å². The first-order valence-electron chi connectivity index (χ1n) is 8.85. The fraction of sp³-hybridized carbons (Fsp3) is 0.455. The molecule has 1 aromatic heterocycles. The molecular weight excluding hydrogens is 590 g/mol. The van der Waals surface area contributed by atoms with Crippen molar-refractivity contribution < 1.29 is 56.5 Å². The van der Waals surface area contributed by atoms with Gasteiger partial charge in [0.05, 0.1) is 0 Å². The van der Waals surface area contributed by atoms with Crippen LogP contribution in [0.25, 0.3) is 0 Å². The van der Waals surface area contributed by atoms with Crippen LogP contribution in [-0.2, 0) is 52.1 Å². The Morgan fingerprint density at radius 3 is 1.97 bits per heavy atom. The summed E-state index contributed by atoms with van der Waals surface area (Å²) >= 11 is 1.42. The van der Waals surface area contributed by atoms with Crippen molar-refractivity contribution in [2.45, 2.75) is 25.7 Å². The molecule has 1 aliphatic carbocycles. The summed E-state index contributed by atoms with van der Waals surface area (Å²) in [5.41, 5.74) is 2.98. The summed E-state index contributed by atoms with van der Waals surface area (Å²) in [6.45, 7) is 28.4. The Morgan fingerprint density at radius 1 is 1.00 bits per heavy atom. The fourth-order valence-corrected chi connectivity index (χ4v) is 4.44. The summed E-state index contributed by atoms with van der Waals surface area (Å²) in [5, 5.41) is 0. The molecule has 1 saturated heterocycles. The molecule has 170 valence electrons. The van der Waals surface area contributed by atoms with E-state index in [4.69, 9.17) is 37.2 Å². The van der Waals surface area contributed by atoms with Crippen LogP contribution < -0.4 is 0 Å². The van der Waals surface area contributed by atoms with E-state index in [1.54, 1.807) is 13.4 Å². The first-order valence-corrected chi connectivity index (χ1v) is 10.3. The predicted molar refractivity (Wildman–Crippen MR) is 101 cm³/mol. The Kier molecular flexibility index (Phi) is 25.6. The van der Waals surface area contributed by atoms with Crippen molar-refractivity contribution in [1.29, 1.82) is 0 Å². The standard InChI is InChI=1S/C17H23NO3.5CO.W/c1-13-10-14(12-19-2)15(17-4-3-7-21-17)11-16(13)18-5-8-20-9-6-18;5*1-2;/h3-4,7,14-15H,5-6,8-11H2,1-2H3;;;;;;/t14-,15+;;;;;;/m0....../s1. The van der Waals surface area contributed by atoms with E-state index in [2.05, 4.69) is 51.1 Å². The monoisotopic (exact) mass is 613 g/mol. The maximum absolute atomic E-state index is 7.50. The second-order valence-electron chi connectivity index (χ2n) is 5.99. The Morgan fingerprint density at radius 2 is 1.53 bits per heavy atom. The van der Waals surface area contributed by atoms with E-state index in [1.165, 1.54) is 34.7 Å². The molecule has 10 heteroatoms. The van der Waals surface area contributed by atoms with Crippen molar-refractivity contribution in [3.8, 4) is 0 Å². The van der Waals surface area contributed by atoms with Gasteiger partial charge in [0, 0.05) is 0 Å². The van der Waals surface area contributed by atoms with Gasteiger partial charge in [0.25, 0.3) is 0 Å². The summed E-state index contributed by atoms with van der Waals surface area (Å²) in [7, 11) is 1.79. The number of furan rings is 1.